The molecule has 1 saturated heterocycles. The maximum Gasteiger partial charge on any atom is 0.253 e. The van der Waals surface area contributed by atoms with Gasteiger partial charge in [-0.2, -0.15) is 0 Å². The zero-order valence-corrected chi connectivity index (χ0v) is 20.2. The third-order valence-corrected chi connectivity index (χ3v) is 7.22. The van der Waals surface area contributed by atoms with Crippen molar-refractivity contribution in [3.63, 3.8) is 0 Å². The molecule has 0 unspecified atom stereocenters. The van der Waals surface area contributed by atoms with Gasteiger partial charge in [0.2, 0.25) is 0 Å². The van der Waals surface area contributed by atoms with Crippen molar-refractivity contribution >= 4 is 17.7 Å². The lowest BCUT2D eigenvalue weighted by Gasteiger charge is -2.15. The van der Waals surface area contributed by atoms with Crippen LogP contribution in [-0.2, 0) is 12.2 Å². The predicted octanol–water partition coefficient (Wildman–Crippen LogP) is 5.69. The van der Waals surface area contributed by atoms with Crippen molar-refractivity contribution in [3.05, 3.63) is 107 Å². The van der Waals surface area contributed by atoms with E-state index in [4.69, 9.17) is 0 Å². The largest absolute Gasteiger partial charge is 0.339 e. The van der Waals surface area contributed by atoms with Crippen LogP contribution >= 0.6 is 11.8 Å². The van der Waals surface area contributed by atoms with Gasteiger partial charge in [-0.15, -0.1) is 10.2 Å². The van der Waals surface area contributed by atoms with Gasteiger partial charge in [0.1, 0.15) is 5.82 Å². The van der Waals surface area contributed by atoms with Crippen LogP contribution in [0.25, 0.3) is 5.69 Å². The molecule has 0 atom stereocenters. The summed E-state index contributed by atoms with van der Waals surface area (Å²) in [5.41, 5.74) is 5.42. The fourth-order valence-corrected chi connectivity index (χ4v) is 5.26. The van der Waals surface area contributed by atoms with Crippen molar-refractivity contribution in [2.45, 2.75) is 37.1 Å². The number of benzene rings is 3. The summed E-state index contributed by atoms with van der Waals surface area (Å²) in [5, 5.41) is 10.00. The van der Waals surface area contributed by atoms with Gasteiger partial charge in [-0.1, -0.05) is 72.4 Å². The first kappa shape index (κ1) is 22.4. The molecule has 0 N–H and O–H groups in total. The van der Waals surface area contributed by atoms with E-state index in [9.17, 15) is 4.79 Å². The van der Waals surface area contributed by atoms with Gasteiger partial charge in [-0.05, 0) is 54.7 Å². The molecule has 1 amide bonds. The summed E-state index contributed by atoms with van der Waals surface area (Å²) >= 11 is 1.67. The summed E-state index contributed by atoms with van der Waals surface area (Å²) in [6, 6.07) is 26.7. The Hall–Kier alpha value is -3.38. The van der Waals surface area contributed by atoms with E-state index in [1.54, 1.807) is 11.8 Å². The van der Waals surface area contributed by atoms with Gasteiger partial charge in [0.05, 0.1) is 5.69 Å². The number of carbonyl (C=O) groups excluding carboxylic acids is 1. The molecule has 6 heteroatoms. The Morgan fingerprint density at radius 1 is 0.853 bits per heavy atom. The van der Waals surface area contributed by atoms with Gasteiger partial charge < -0.3 is 4.90 Å². The number of likely N-dealkylation sites (tertiary alicyclic amines) is 1. The van der Waals surface area contributed by atoms with Crippen LogP contribution in [0.5, 0.6) is 0 Å². The zero-order chi connectivity index (χ0) is 23.3. The SMILES string of the molecule is Cc1ccccc1-n1c(Cc2ccccc2)nnc1SCc1ccc(C(=O)N2CCCC2)cc1. The van der Waals surface area contributed by atoms with Gasteiger partial charge in [0, 0.05) is 30.8 Å². The van der Waals surface area contributed by atoms with Crippen LogP contribution in [0.3, 0.4) is 0 Å². The van der Waals surface area contributed by atoms with Crippen LogP contribution in [-0.4, -0.2) is 38.7 Å². The number of carbonyl (C=O) groups is 1. The molecule has 4 aromatic rings. The molecule has 0 saturated carbocycles. The second kappa shape index (κ2) is 10.3. The Bertz CT molecular complexity index is 1260. The molecule has 5 rings (SSSR count). The Labute approximate surface area is 204 Å². The summed E-state index contributed by atoms with van der Waals surface area (Å²) in [5.74, 6) is 1.82. The van der Waals surface area contributed by atoms with E-state index in [0.29, 0.717) is 0 Å². The lowest BCUT2D eigenvalue weighted by Crippen LogP contribution is -2.27. The first-order valence-corrected chi connectivity index (χ1v) is 12.7. The predicted molar refractivity (Wildman–Crippen MR) is 136 cm³/mol. The molecule has 3 aromatic carbocycles. The first-order chi connectivity index (χ1) is 16.7. The van der Waals surface area contributed by atoms with Crippen LogP contribution < -0.4 is 0 Å². The zero-order valence-electron chi connectivity index (χ0n) is 19.4. The Kier molecular flexibility index (Phi) is 6.77. The second-order valence-electron chi connectivity index (χ2n) is 8.67. The quantitative estimate of drug-likeness (QED) is 0.327. The summed E-state index contributed by atoms with van der Waals surface area (Å²) in [6.45, 7) is 3.86. The molecule has 1 fully saturated rings. The molecule has 0 radical (unpaired) electrons. The highest BCUT2D eigenvalue weighted by Gasteiger charge is 2.20. The standard InChI is InChI=1S/C28H28N4OS/c1-21-9-5-6-12-25(21)32-26(19-22-10-3-2-4-11-22)29-30-28(32)34-20-23-13-15-24(16-14-23)27(33)31-17-7-8-18-31/h2-6,9-16H,7-8,17-20H2,1H3. The third-order valence-electron chi connectivity index (χ3n) is 6.22. The molecular weight excluding hydrogens is 440 g/mol. The molecule has 0 bridgehead atoms. The van der Waals surface area contributed by atoms with Crippen molar-refractivity contribution in [2.75, 3.05) is 13.1 Å². The van der Waals surface area contributed by atoms with Gasteiger partial charge in [-0.3, -0.25) is 9.36 Å². The maximum atomic E-state index is 12.6. The molecular formula is C28H28N4OS. The molecule has 172 valence electrons. The van der Waals surface area contributed by atoms with Crippen molar-refractivity contribution in [1.29, 1.82) is 0 Å². The fourth-order valence-electron chi connectivity index (χ4n) is 4.34. The number of thioether (sulfide) groups is 1. The molecule has 5 nitrogen and oxygen atoms in total. The average Bonchev–Trinajstić information content (AvgIpc) is 3.54. The van der Waals surface area contributed by atoms with Crippen molar-refractivity contribution in [2.24, 2.45) is 0 Å². The number of aromatic nitrogens is 3. The summed E-state index contributed by atoms with van der Waals surface area (Å²) < 4.78 is 2.18. The smallest absolute Gasteiger partial charge is 0.253 e. The fraction of sp³-hybridized carbons (Fsp3) is 0.250. The number of nitrogens with zero attached hydrogens (tertiary/aromatic N) is 4. The van der Waals surface area contributed by atoms with Crippen molar-refractivity contribution in [1.82, 2.24) is 19.7 Å². The molecule has 1 aliphatic rings. The van der Waals surface area contributed by atoms with Crippen LogP contribution in [0, 0.1) is 6.92 Å². The van der Waals surface area contributed by atoms with E-state index < -0.39 is 0 Å². The molecule has 2 heterocycles. The highest BCUT2D eigenvalue weighted by atomic mass is 32.2. The van der Waals surface area contributed by atoms with Crippen LogP contribution in [0.4, 0.5) is 0 Å². The van der Waals surface area contributed by atoms with Crippen molar-refractivity contribution < 1.29 is 4.79 Å². The van der Waals surface area contributed by atoms with E-state index in [-0.39, 0.29) is 5.91 Å². The summed E-state index contributed by atoms with van der Waals surface area (Å²) in [6.07, 6.45) is 2.93. The van der Waals surface area contributed by atoms with Crippen LogP contribution in [0.15, 0.2) is 84.0 Å². The number of amides is 1. The van der Waals surface area contributed by atoms with Gasteiger partial charge >= 0.3 is 0 Å². The van der Waals surface area contributed by atoms with Crippen LogP contribution in [0.1, 0.15) is 45.7 Å². The number of hydrogen-bond acceptors (Lipinski definition) is 4. The Morgan fingerprint density at radius 3 is 2.29 bits per heavy atom. The van der Waals surface area contributed by atoms with E-state index in [1.807, 2.05) is 23.1 Å². The molecule has 0 spiro atoms. The molecule has 1 aliphatic heterocycles. The lowest BCUT2D eigenvalue weighted by molar-refractivity contribution is 0.0793. The lowest BCUT2D eigenvalue weighted by atomic mass is 10.1. The monoisotopic (exact) mass is 468 g/mol. The number of para-hydroxylation sites is 1. The maximum absolute atomic E-state index is 12.6. The van der Waals surface area contributed by atoms with E-state index in [2.05, 4.69) is 82.4 Å². The average molecular weight is 469 g/mol. The topological polar surface area (TPSA) is 51.0 Å². The van der Waals surface area contributed by atoms with E-state index >= 15 is 0 Å². The minimum atomic E-state index is 0.140. The summed E-state index contributed by atoms with van der Waals surface area (Å²) in [7, 11) is 0. The normalized spacial score (nSPS) is 13.4. The van der Waals surface area contributed by atoms with E-state index in [0.717, 1.165) is 65.9 Å². The number of aryl methyl sites for hydroxylation is 1. The van der Waals surface area contributed by atoms with Gasteiger partial charge in [0.25, 0.3) is 5.91 Å². The third kappa shape index (κ3) is 4.92. The van der Waals surface area contributed by atoms with Gasteiger partial charge in [-0.25, -0.2) is 0 Å². The number of rotatable bonds is 7. The second-order valence-corrected chi connectivity index (χ2v) is 9.61. The highest BCUT2D eigenvalue weighted by Crippen LogP contribution is 2.28. The minimum absolute atomic E-state index is 0.140. The summed E-state index contributed by atoms with van der Waals surface area (Å²) in [4.78, 5) is 14.6. The highest BCUT2D eigenvalue weighted by molar-refractivity contribution is 7.98. The Morgan fingerprint density at radius 2 is 1.56 bits per heavy atom. The van der Waals surface area contributed by atoms with Crippen molar-refractivity contribution in [3.8, 4) is 5.69 Å². The van der Waals surface area contributed by atoms with E-state index in [1.165, 1.54) is 11.1 Å². The van der Waals surface area contributed by atoms with Crippen LogP contribution in [0.2, 0.25) is 0 Å². The molecule has 1 aromatic heterocycles. The Balaban J connectivity index is 1.36. The van der Waals surface area contributed by atoms with Gasteiger partial charge in [0.15, 0.2) is 5.16 Å². The molecule has 34 heavy (non-hydrogen) atoms. The number of hydrogen-bond donors (Lipinski definition) is 0. The minimum Gasteiger partial charge on any atom is -0.339 e. The first-order valence-electron chi connectivity index (χ1n) is 11.7. The molecule has 0 aliphatic carbocycles.